The number of anilines is 2. The minimum Gasteiger partial charge on any atom is -0.494 e. The lowest BCUT2D eigenvalue weighted by Crippen LogP contribution is -2.01. The van der Waals surface area contributed by atoms with E-state index in [-0.39, 0.29) is 0 Å². The number of nitrogen functional groups attached to an aromatic ring is 2. The SMILES string of the molecule is COc1cc(Cc2cc(OC)c(N)c(OC)c2)cc(OC)c1N. The molecule has 2 rings (SSSR count). The van der Waals surface area contributed by atoms with Crippen molar-refractivity contribution in [2.24, 2.45) is 0 Å². The first-order chi connectivity index (χ1) is 11.0. The van der Waals surface area contributed by atoms with E-state index >= 15 is 0 Å². The Bertz CT molecular complexity index is 591. The van der Waals surface area contributed by atoms with E-state index in [0.717, 1.165) is 11.1 Å². The zero-order valence-electron chi connectivity index (χ0n) is 13.8. The fourth-order valence-corrected chi connectivity index (χ4v) is 2.43. The summed E-state index contributed by atoms with van der Waals surface area (Å²) in [7, 11) is 6.29. The molecule has 0 atom stereocenters. The summed E-state index contributed by atoms with van der Waals surface area (Å²) in [5.74, 6) is 2.31. The Balaban J connectivity index is 2.43. The average Bonchev–Trinajstić information content (AvgIpc) is 2.57. The van der Waals surface area contributed by atoms with Crippen LogP contribution in [0.1, 0.15) is 11.1 Å². The number of hydrogen-bond acceptors (Lipinski definition) is 6. The van der Waals surface area contributed by atoms with Crippen LogP contribution in [0.15, 0.2) is 24.3 Å². The largest absolute Gasteiger partial charge is 0.494 e. The van der Waals surface area contributed by atoms with Crippen LogP contribution in [0.25, 0.3) is 0 Å². The van der Waals surface area contributed by atoms with Gasteiger partial charge < -0.3 is 30.4 Å². The van der Waals surface area contributed by atoms with E-state index < -0.39 is 0 Å². The van der Waals surface area contributed by atoms with Crippen molar-refractivity contribution in [2.75, 3.05) is 39.9 Å². The smallest absolute Gasteiger partial charge is 0.145 e. The molecular formula is C17H22N2O4. The summed E-state index contributed by atoms with van der Waals surface area (Å²) in [6, 6.07) is 7.53. The van der Waals surface area contributed by atoms with Gasteiger partial charge in [-0.05, 0) is 41.8 Å². The molecule has 23 heavy (non-hydrogen) atoms. The van der Waals surface area contributed by atoms with Crippen molar-refractivity contribution < 1.29 is 18.9 Å². The fraction of sp³-hybridized carbons (Fsp3) is 0.294. The summed E-state index contributed by atoms with van der Waals surface area (Å²) in [5.41, 5.74) is 14.9. The second-order valence-electron chi connectivity index (χ2n) is 5.00. The molecule has 0 radical (unpaired) electrons. The van der Waals surface area contributed by atoms with E-state index in [4.69, 9.17) is 30.4 Å². The lowest BCUT2D eigenvalue weighted by Gasteiger charge is -2.14. The molecule has 0 heterocycles. The van der Waals surface area contributed by atoms with Crippen molar-refractivity contribution in [2.45, 2.75) is 6.42 Å². The predicted molar refractivity (Wildman–Crippen MR) is 90.7 cm³/mol. The van der Waals surface area contributed by atoms with Crippen LogP contribution in [-0.2, 0) is 6.42 Å². The number of ether oxygens (including phenoxy) is 4. The van der Waals surface area contributed by atoms with Crippen LogP contribution in [0.5, 0.6) is 23.0 Å². The first-order valence-electron chi connectivity index (χ1n) is 7.04. The van der Waals surface area contributed by atoms with Gasteiger partial charge in [-0.15, -0.1) is 0 Å². The molecule has 2 aromatic rings. The van der Waals surface area contributed by atoms with Gasteiger partial charge in [0, 0.05) is 0 Å². The Morgan fingerprint density at radius 1 is 0.609 bits per heavy atom. The highest BCUT2D eigenvalue weighted by Gasteiger charge is 2.13. The molecule has 2 aromatic carbocycles. The van der Waals surface area contributed by atoms with Crippen LogP contribution in [0.2, 0.25) is 0 Å². The maximum absolute atomic E-state index is 5.97. The third kappa shape index (κ3) is 3.36. The van der Waals surface area contributed by atoms with Crippen LogP contribution in [0.3, 0.4) is 0 Å². The molecule has 0 aromatic heterocycles. The molecule has 124 valence electrons. The van der Waals surface area contributed by atoms with E-state index in [9.17, 15) is 0 Å². The lowest BCUT2D eigenvalue weighted by molar-refractivity contribution is 0.397. The Kier molecular flexibility index (Phi) is 5.05. The molecule has 0 bridgehead atoms. The third-order valence-corrected chi connectivity index (χ3v) is 3.62. The number of benzene rings is 2. The molecule has 0 unspecified atom stereocenters. The van der Waals surface area contributed by atoms with Crippen LogP contribution in [-0.4, -0.2) is 28.4 Å². The quantitative estimate of drug-likeness (QED) is 0.795. The molecule has 6 nitrogen and oxygen atoms in total. The molecule has 0 aliphatic carbocycles. The van der Waals surface area contributed by atoms with Crippen molar-refractivity contribution in [1.29, 1.82) is 0 Å². The van der Waals surface area contributed by atoms with Gasteiger partial charge >= 0.3 is 0 Å². The van der Waals surface area contributed by atoms with Gasteiger partial charge in [0.1, 0.15) is 34.4 Å². The topological polar surface area (TPSA) is 89.0 Å². The van der Waals surface area contributed by atoms with E-state index in [1.165, 1.54) is 0 Å². The van der Waals surface area contributed by atoms with Crippen molar-refractivity contribution in [1.82, 2.24) is 0 Å². The molecule has 0 saturated carbocycles. The first-order valence-corrected chi connectivity index (χ1v) is 7.04. The Morgan fingerprint density at radius 3 is 1.09 bits per heavy atom. The number of rotatable bonds is 6. The van der Waals surface area contributed by atoms with Crippen molar-refractivity contribution in [3.8, 4) is 23.0 Å². The summed E-state index contributed by atoms with van der Waals surface area (Å²) in [6.45, 7) is 0. The number of hydrogen-bond donors (Lipinski definition) is 2. The van der Waals surface area contributed by atoms with Gasteiger partial charge in [0.15, 0.2) is 0 Å². The van der Waals surface area contributed by atoms with Crippen LogP contribution in [0, 0.1) is 0 Å². The molecule has 0 amide bonds. The maximum Gasteiger partial charge on any atom is 0.145 e. The third-order valence-electron chi connectivity index (χ3n) is 3.62. The molecule has 0 fully saturated rings. The van der Waals surface area contributed by atoms with Gasteiger partial charge in [-0.2, -0.15) is 0 Å². The second kappa shape index (κ2) is 7.00. The lowest BCUT2D eigenvalue weighted by atomic mass is 10.0. The number of methoxy groups -OCH3 is 4. The summed E-state index contributed by atoms with van der Waals surface area (Å²) < 4.78 is 21.2. The van der Waals surface area contributed by atoms with Gasteiger partial charge in [0.25, 0.3) is 0 Å². The summed E-state index contributed by atoms with van der Waals surface area (Å²) in [5, 5.41) is 0. The molecule has 0 spiro atoms. The van der Waals surface area contributed by atoms with Gasteiger partial charge in [-0.3, -0.25) is 0 Å². The van der Waals surface area contributed by atoms with Crippen LogP contribution < -0.4 is 30.4 Å². The second-order valence-corrected chi connectivity index (χ2v) is 5.00. The zero-order valence-corrected chi connectivity index (χ0v) is 13.8. The Labute approximate surface area is 135 Å². The molecule has 0 saturated heterocycles. The minimum absolute atomic E-state index is 0.478. The highest BCUT2D eigenvalue weighted by Crippen LogP contribution is 2.36. The minimum atomic E-state index is 0.478. The predicted octanol–water partition coefficient (Wildman–Crippen LogP) is 2.48. The van der Waals surface area contributed by atoms with Crippen LogP contribution in [0.4, 0.5) is 11.4 Å². The summed E-state index contributed by atoms with van der Waals surface area (Å²) in [6.07, 6.45) is 0.625. The van der Waals surface area contributed by atoms with Gasteiger partial charge in [0.05, 0.1) is 28.4 Å². The van der Waals surface area contributed by atoms with Crippen molar-refractivity contribution >= 4 is 11.4 Å². The highest BCUT2D eigenvalue weighted by atomic mass is 16.5. The van der Waals surface area contributed by atoms with Crippen molar-refractivity contribution in [3.05, 3.63) is 35.4 Å². The summed E-state index contributed by atoms with van der Waals surface area (Å²) >= 11 is 0. The standard InChI is InChI=1S/C17H22N2O4/c1-20-12-6-10(7-13(21-2)16(12)18)5-11-8-14(22-3)17(19)15(9-11)23-4/h6-9H,5,18-19H2,1-4H3. The van der Waals surface area contributed by atoms with Crippen LogP contribution >= 0.6 is 0 Å². The summed E-state index contributed by atoms with van der Waals surface area (Å²) in [4.78, 5) is 0. The average molecular weight is 318 g/mol. The van der Waals surface area contributed by atoms with Gasteiger partial charge in [-0.25, -0.2) is 0 Å². The van der Waals surface area contributed by atoms with Crippen molar-refractivity contribution in [3.63, 3.8) is 0 Å². The highest BCUT2D eigenvalue weighted by molar-refractivity contribution is 5.66. The Morgan fingerprint density at radius 2 is 0.870 bits per heavy atom. The van der Waals surface area contributed by atoms with E-state index in [1.807, 2.05) is 24.3 Å². The van der Waals surface area contributed by atoms with E-state index in [0.29, 0.717) is 40.8 Å². The van der Waals surface area contributed by atoms with E-state index in [2.05, 4.69) is 0 Å². The molecular weight excluding hydrogens is 296 g/mol. The van der Waals surface area contributed by atoms with Gasteiger partial charge in [0.2, 0.25) is 0 Å². The maximum atomic E-state index is 5.97. The van der Waals surface area contributed by atoms with Gasteiger partial charge in [-0.1, -0.05) is 0 Å². The first kappa shape index (κ1) is 16.6. The molecule has 0 aliphatic heterocycles. The molecule has 0 aliphatic rings. The molecule has 6 heteroatoms. The van der Waals surface area contributed by atoms with E-state index in [1.54, 1.807) is 28.4 Å². The number of nitrogens with two attached hydrogens (primary N) is 2. The molecule has 4 N–H and O–H groups in total. The Hall–Kier alpha value is -2.76. The monoisotopic (exact) mass is 318 g/mol. The zero-order chi connectivity index (χ0) is 17.0. The fourth-order valence-electron chi connectivity index (χ4n) is 2.43. The normalized spacial score (nSPS) is 10.3.